The summed E-state index contributed by atoms with van der Waals surface area (Å²) < 4.78 is 62.7. The number of ether oxygens (including phenoxy) is 2. The Labute approximate surface area is 164 Å². The number of alkyl halides is 3. The van der Waals surface area contributed by atoms with E-state index in [4.69, 9.17) is 15.2 Å². The molecule has 1 amide bonds. The number of amides is 1. The number of nitrogens with zero attached hydrogens (tertiary/aromatic N) is 2. The van der Waals surface area contributed by atoms with Gasteiger partial charge in [0.25, 0.3) is 0 Å². The number of carbonyl (C=O) groups is 1. The third-order valence-electron chi connectivity index (χ3n) is 3.34. The van der Waals surface area contributed by atoms with E-state index in [1.165, 1.54) is 12.1 Å². The van der Waals surface area contributed by atoms with Gasteiger partial charge in [0.1, 0.15) is 18.0 Å². The number of hydrogen-bond acceptors (Lipinski definition) is 6. The number of alkyl carbamates (subject to hydrolysis) is 1. The molecule has 0 unspecified atom stereocenters. The van der Waals surface area contributed by atoms with Gasteiger partial charge in [-0.3, -0.25) is 0 Å². The summed E-state index contributed by atoms with van der Waals surface area (Å²) in [4.78, 5) is 18.3. The minimum absolute atomic E-state index is 0.0979. The van der Waals surface area contributed by atoms with E-state index >= 15 is 0 Å². The lowest BCUT2D eigenvalue weighted by Gasteiger charge is -2.19. The number of benzene rings is 1. The first-order valence-electron chi connectivity index (χ1n) is 8.42. The minimum atomic E-state index is -4.70. The van der Waals surface area contributed by atoms with Gasteiger partial charge in [-0.1, -0.05) is 12.1 Å². The van der Waals surface area contributed by atoms with Crippen molar-refractivity contribution in [3.05, 3.63) is 46.9 Å². The molecule has 0 saturated heterocycles. The molecule has 1 aromatic carbocycles. The van der Waals surface area contributed by atoms with Crippen LogP contribution in [0.25, 0.3) is 0 Å². The number of hydrogen-bond donors (Lipinski definition) is 2. The maximum Gasteiger partial charge on any atom is 0.433 e. The maximum absolute atomic E-state index is 14.2. The number of rotatable bonds is 5. The molecule has 2 rings (SSSR count). The lowest BCUT2D eigenvalue weighted by Crippen LogP contribution is -2.32. The van der Waals surface area contributed by atoms with Crippen molar-refractivity contribution < 1.29 is 31.8 Å². The van der Waals surface area contributed by atoms with Gasteiger partial charge in [0, 0.05) is 18.2 Å². The van der Waals surface area contributed by atoms with Crippen LogP contribution < -0.4 is 15.8 Å². The van der Waals surface area contributed by atoms with Crippen LogP contribution in [0.15, 0.2) is 24.3 Å². The second-order valence-corrected chi connectivity index (χ2v) is 7.02. The topological polar surface area (TPSA) is 99.4 Å². The second-order valence-electron chi connectivity index (χ2n) is 7.02. The number of nitrogens with two attached hydrogens (primary N) is 1. The average molecular weight is 416 g/mol. The molecule has 1 aromatic heterocycles. The van der Waals surface area contributed by atoms with Crippen molar-refractivity contribution in [3.8, 4) is 5.88 Å². The quantitative estimate of drug-likeness (QED) is 0.719. The van der Waals surface area contributed by atoms with Crippen molar-refractivity contribution in [1.82, 2.24) is 15.3 Å². The molecule has 0 aliphatic heterocycles. The molecule has 0 radical (unpaired) electrons. The number of nitrogens with one attached hydrogen (secondary N) is 1. The highest BCUT2D eigenvalue weighted by Crippen LogP contribution is 2.30. The standard InChI is InChI=1S/C18H20F4N4O3/c1-17(2,3)29-16(27)24-8-11-5-4-10(6-12(11)19)9-28-14-7-13(18(20,21)22)25-15(23)26-14/h4-7H,8-9H2,1-3H3,(H,24,27)(H2,23,25,26). The molecule has 0 fully saturated rings. The van der Waals surface area contributed by atoms with Crippen LogP contribution in [0.3, 0.4) is 0 Å². The molecule has 7 nitrogen and oxygen atoms in total. The van der Waals surface area contributed by atoms with Crippen molar-refractivity contribution in [2.45, 2.75) is 45.7 Å². The largest absolute Gasteiger partial charge is 0.473 e. The molecule has 0 saturated carbocycles. The van der Waals surface area contributed by atoms with E-state index in [0.717, 1.165) is 6.07 Å². The van der Waals surface area contributed by atoms with Crippen LogP contribution in [0.2, 0.25) is 0 Å². The predicted molar refractivity (Wildman–Crippen MR) is 95.3 cm³/mol. The predicted octanol–water partition coefficient (Wildman–Crippen LogP) is 3.82. The maximum atomic E-state index is 14.2. The van der Waals surface area contributed by atoms with Gasteiger partial charge in [-0.15, -0.1) is 0 Å². The highest BCUT2D eigenvalue weighted by molar-refractivity contribution is 5.67. The average Bonchev–Trinajstić information content (AvgIpc) is 2.56. The Kier molecular flexibility index (Phi) is 6.50. The monoisotopic (exact) mass is 416 g/mol. The van der Waals surface area contributed by atoms with Crippen molar-refractivity contribution in [3.63, 3.8) is 0 Å². The van der Waals surface area contributed by atoms with E-state index in [0.29, 0.717) is 11.6 Å². The van der Waals surface area contributed by atoms with Crippen molar-refractivity contribution >= 4 is 12.0 Å². The van der Waals surface area contributed by atoms with Gasteiger partial charge in [0.05, 0.1) is 0 Å². The molecule has 0 aliphatic rings. The molecular formula is C18H20F4N4O3. The zero-order chi connectivity index (χ0) is 21.8. The Bertz CT molecular complexity index is 882. The smallest absolute Gasteiger partial charge is 0.433 e. The van der Waals surface area contributed by atoms with Crippen LogP contribution >= 0.6 is 0 Å². The molecule has 158 valence electrons. The zero-order valence-electron chi connectivity index (χ0n) is 15.9. The van der Waals surface area contributed by atoms with Crippen LogP contribution in [0.1, 0.15) is 37.6 Å². The molecule has 2 aromatic rings. The second kappa shape index (κ2) is 8.50. The molecule has 29 heavy (non-hydrogen) atoms. The summed E-state index contributed by atoms with van der Waals surface area (Å²) in [5.41, 5.74) is 3.88. The summed E-state index contributed by atoms with van der Waals surface area (Å²) in [5, 5.41) is 2.43. The number of aromatic nitrogens is 2. The summed E-state index contributed by atoms with van der Waals surface area (Å²) in [7, 11) is 0. The van der Waals surface area contributed by atoms with Crippen LogP contribution in [-0.2, 0) is 24.1 Å². The molecule has 0 spiro atoms. The summed E-state index contributed by atoms with van der Waals surface area (Å²) in [6.45, 7) is 4.75. The van der Waals surface area contributed by atoms with E-state index in [1.807, 2.05) is 0 Å². The first kappa shape index (κ1) is 22.2. The van der Waals surface area contributed by atoms with Gasteiger partial charge in [0.15, 0.2) is 5.69 Å². The Hall–Kier alpha value is -3.11. The number of halogens is 4. The third-order valence-corrected chi connectivity index (χ3v) is 3.34. The molecular weight excluding hydrogens is 396 g/mol. The first-order chi connectivity index (χ1) is 13.3. The van der Waals surface area contributed by atoms with Crippen LogP contribution in [0, 0.1) is 5.82 Å². The van der Waals surface area contributed by atoms with Gasteiger partial charge < -0.3 is 20.5 Å². The SMILES string of the molecule is CC(C)(C)OC(=O)NCc1ccc(COc2cc(C(F)(F)F)nc(N)n2)cc1F. The summed E-state index contributed by atoms with van der Waals surface area (Å²) in [6, 6.07) is 4.67. The highest BCUT2D eigenvalue weighted by Gasteiger charge is 2.33. The summed E-state index contributed by atoms with van der Waals surface area (Å²) >= 11 is 0. The van der Waals surface area contributed by atoms with Crippen LogP contribution in [-0.4, -0.2) is 21.7 Å². The fraction of sp³-hybridized carbons (Fsp3) is 0.389. The van der Waals surface area contributed by atoms with Crippen LogP contribution in [0.4, 0.5) is 28.3 Å². The fourth-order valence-corrected chi connectivity index (χ4v) is 2.12. The Morgan fingerprint density at radius 1 is 1.17 bits per heavy atom. The minimum Gasteiger partial charge on any atom is -0.473 e. The number of anilines is 1. The van der Waals surface area contributed by atoms with E-state index in [9.17, 15) is 22.4 Å². The summed E-state index contributed by atoms with van der Waals surface area (Å²) in [5.74, 6) is -1.61. The number of nitrogen functional groups attached to an aromatic ring is 1. The van der Waals surface area contributed by atoms with Gasteiger partial charge in [-0.05, 0) is 32.4 Å². The zero-order valence-corrected chi connectivity index (χ0v) is 15.9. The van der Waals surface area contributed by atoms with Gasteiger partial charge >= 0.3 is 12.3 Å². The van der Waals surface area contributed by atoms with Crippen molar-refractivity contribution in [1.29, 1.82) is 0 Å². The molecule has 0 bridgehead atoms. The lowest BCUT2D eigenvalue weighted by atomic mass is 10.1. The van der Waals surface area contributed by atoms with Gasteiger partial charge in [-0.2, -0.15) is 18.2 Å². The van der Waals surface area contributed by atoms with E-state index in [2.05, 4.69) is 15.3 Å². The molecule has 0 aliphatic carbocycles. The normalized spacial score (nSPS) is 11.8. The van der Waals surface area contributed by atoms with Crippen molar-refractivity contribution in [2.75, 3.05) is 5.73 Å². The fourth-order valence-electron chi connectivity index (χ4n) is 2.12. The Morgan fingerprint density at radius 3 is 2.45 bits per heavy atom. The lowest BCUT2D eigenvalue weighted by molar-refractivity contribution is -0.141. The van der Waals surface area contributed by atoms with Crippen LogP contribution in [0.5, 0.6) is 5.88 Å². The Balaban J connectivity index is 1.99. The molecule has 11 heteroatoms. The Morgan fingerprint density at radius 2 is 1.86 bits per heavy atom. The first-order valence-corrected chi connectivity index (χ1v) is 8.42. The third kappa shape index (κ3) is 7.09. The summed E-state index contributed by atoms with van der Waals surface area (Å²) in [6.07, 6.45) is -5.39. The molecule has 1 heterocycles. The van der Waals surface area contributed by atoms with Gasteiger partial charge in [0.2, 0.25) is 11.8 Å². The molecule has 3 N–H and O–H groups in total. The van der Waals surface area contributed by atoms with Gasteiger partial charge in [-0.25, -0.2) is 14.2 Å². The molecule has 0 atom stereocenters. The number of carbonyl (C=O) groups excluding carboxylic acids is 1. The van der Waals surface area contributed by atoms with E-state index in [-0.39, 0.29) is 24.6 Å². The van der Waals surface area contributed by atoms with E-state index in [1.54, 1.807) is 20.8 Å². The highest BCUT2D eigenvalue weighted by atomic mass is 19.4. The van der Waals surface area contributed by atoms with E-state index < -0.39 is 35.3 Å². The van der Waals surface area contributed by atoms with Crippen molar-refractivity contribution in [2.24, 2.45) is 0 Å².